The summed E-state index contributed by atoms with van der Waals surface area (Å²) in [5.74, 6) is -3.08. The van der Waals surface area contributed by atoms with E-state index < -0.39 is 53.5 Å². The predicted octanol–water partition coefficient (Wildman–Crippen LogP) is 3.46. The number of imide groups is 1. The van der Waals surface area contributed by atoms with Crippen molar-refractivity contribution in [3.05, 3.63) is 59.2 Å². The fourth-order valence-electron chi connectivity index (χ4n) is 3.29. The van der Waals surface area contributed by atoms with Gasteiger partial charge in [0, 0.05) is 11.6 Å². The van der Waals surface area contributed by atoms with Gasteiger partial charge < -0.3 is 14.8 Å². The minimum absolute atomic E-state index is 0.159. The summed E-state index contributed by atoms with van der Waals surface area (Å²) >= 11 is 0. The highest BCUT2D eigenvalue weighted by Crippen LogP contribution is 2.36. The molecular formula is C21H17F6N3O5. The van der Waals surface area contributed by atoms with E-state index in [4.69, 9.17) is 9.47 Å². The molecule has 8 nitrogen and oxygen atoms in total. The Balaban J connectivity index is 1.94. The molecule has 188 valence electrons. The van der Waals surface area contributed by atoms with Crippen LogP contribution < -0.4 is 20.1 Å². The number of urea groups is 1. The van der Waals surface area contributed by atoms with E-state index in [0.29, 0.717) is 12.1 Å². The van der Waals surface area contributed by atoms with Crippen LogP contribution in [0.15, 0.2) is 42.5 Å². The lowest BCUT2D eigenvalue weighted by atomic mass is 10.1. The Bertz CT molecular complexity index is 1140. The van der Waals surface area contributed by atoms with Crippen molar-refractivity contribution in [3.8, 4) is 11.5 Å². The second-order valence-corrected chi connectivity index (χ2v) is 7.32. The highest BCUT2D eigenvalue weighted by Gasteiger charge is 2.68. The summed E-state index contributed by atoms with van der Waals surface area (Å²) < 4.78 is 91.0. The van der Waals surface area contributed by atoms with Crippen molar-refractivity contribution >= 4 is 17.8 Å². The van der Waals surface area contributed by atoms with E-state index in [0.717, 1.165) is 12.1 Å². The maximum atomic E-state index is 14.0. The van der Waals surface area contributed by atoms with E-state index in [-0.39, 0.29) is 22.0 Å². The Morgan fingerprint density at radius 2 is 1.60 bits per heavy atom. The predicted molar refractivity (Wildman–Crippen MR) is 106 cm³/mol. The normalized spacial score (nSPS) is 18.3. The van der Waals surface area contributed by atoms with Crippen molar-refractivity contribution in [2.45, 2.75) is 24.6 Å². The van der Waals surface area contributed by atoms with Crippen LogP contribution in [0.4, 0.5) is 31.1 Å². The number of alkyl halides is 6. The number of nitrogens with one attached hydrogen (secondary N) is 2. The second kappa shape index (κ2) is 9.00. The van der Waals surface area contributed by atoms with Gasteiger partial charge in [0.15, 0.2) is 0 Å². The van der Waals surface area contributed by atoms with E-state index in [1.165, 1.54) is 43.1 Å². The van der Waals surface area contributed by atoms with Gasteiger partial charge in [-0.05, 0) is 35.9 Å². The molecule has 1 aliphatic rings. The van der Waals surface area contributed by atoms with Crippen LogP contribution in [0.1, 0.15) is 21.5 Å². The van der Waals surface area contributed by atoms with E-state index in [1.807, 2.05) is 0 Å². The number of methoxy groups -OCH3 is 2. The molecule has 3 rings (SSSR count). The number of amides is 4. The molecule has 1 atom stereocenters. The molecule has 0 saturated carbocycles. The molecule has 2 N–H and O–H groups in total. The van der Waals surface area contributed by atoms with E-state index in [2.05, 4.69) is 0 Å². The molecule has 0 aromatic heterocycles. The topological polar surface area (TPSA) is 97.0 Å². The van der Waals surface area contributed by atoms with Crippen molar-refractivity contribution in [2.24, 2.45) is 0 Å². The zero-order valence-corrected chi connectivity index (χ0v) is 18.0. The van der Waals surface area contributed by atoms with Crippen LogP contribution >= 0.6 is 0 Å². The van der Waals surface area contributed by atoms with Crippen molar-refractivity contribution in [1.82, 2.24) is 15.5 Å². The number of carbonyl (C=O) groups excluding carboxylic acids is 3. The first kappa shape index (κ1) is 25.6. The molecule has 2 aromatic carbocycles. The lowest BCUT2D eigenvalue weighted by molar-refractivity contribution is -0.200. The first-order valence-corrected chi connectivity index (χ1v) is 9.64. The monoisotopic (exact) mass is 505 g/mol. The number of benzene rings is 2. The van der Waals surface area contributed by atoms with Crippen LogP contribution in [0.25, 0.3) is 0 Å². The Labute approximate surface area is 193 Å². The third-order valence-corrected chi connectivity index (χ3v) is 5.04. The molecule has 1 aliphatic heterocycles. The summed E-state index contributed by atoms with van der Waals surface area (Å²) in [5.41, 5.74) is -5.84. The highest BCUT2D eigenvalue weighted by molar-refractivity contribution is 6.10. The van der Waals surface area contributed by atoms with Gasteiger partial charge in [-0.15, -0.1) is 0 Å². The Kier molecular flexibility index (Phi) is 6.59. The minimum atomic E-state index is -5.54. The molecule has 1 fully saturated rings. The van der Waals surface area contributed by atoms with Crippen molar-refractivity contribution in [1.29, 1.82) is 0 Å². The summed E-state index contributed by atoms with van der Waals surface area (Å²) in [5, 5.41) is 2.79. The van der Waals surface area contributed by atoms with Gasteiger partial charge in [0.25, 0.3) is 17.5 Å². The summed E-state index contributed by atoms with van der Waals surface area (Å²) in [6, 6.07) is 5.23. The third kappa shape index (κ3) is 4.95. The Morgan fingerprint density at radius 3 is 2.11 bits per heavy atom. The molecule has 0 aliphatic carbocycles. The fraction of sp³-hybridized carbons (Fsp3) is 0.286. The van der Waals surface area contributed by atoms with Gasteiger partial charge in [-0.1, -0.05) is 6.07 Å². The SMILES string of the molecule is COc1cc(CN2C(=O)NC(NC(=O)c3cccc(C(F)(F)F)c3)(C(F)(F)F)C2=O)cc(OC)c1. The summed E-state index contributed by atoms with van der Waals surface area (Å²) in [6.45, 7) is -0.657. The van der Waals surface area contributed by atoms with Gasteiger partial charge in [-0.2, -0.15) is 26.3 Å². The van der Waals surface area contributed by atoms with E-state index in [1.54, 1.807) is 0 Å². The number of rotatable bonds is 6. The molecule has 35 heavy (non-hydrogen) atoms. The number of hydrogen-bond donors (Lipinski definition) is 2. The summed E-state index contributed by atoms with van der Waals surface area (Å²) in [7, 11) is 2.62. The Morgan fingerprint density at radius 1 is 1.00 bits per heavy atom. The number of ether oxygens (including phenoxy) is 2. The van der Waals surface area contributed by atoms with Gasteiger partial charge in [0.2, 0.25) is 0 Å². The van der Waals surface area contributed by atoms with Crippen LogP contribution in [0.3, 0.4) is 0 Å². The first-order chi connectivity index (χ1) is 16.2. The average molecular weight is 505 g/mol. The number of hydrogen-bond acceptors (Lipinski definition) is 5. The smallest absolute Gasteiger partial charge is 0.440 e. The largest absolute Gasteiger partial charge is 0.497 e. The molecule has 1 saturated heterocycles. The zero-order chi connectivity index (χ0) is 26.2. The van der Waals surface area contributed by atoms with Crippen LogP contribution in [0, 0.1) is 0 Å². The number of nitrogens with zero attached hydrogens (tertiary/aromatic N) is 1. The fourth-order valence-corrected chi connectivity index (χ4v) is 3.29. The molecule has 0 radical (unpaired) electrons. The standard InChI is InChI=1S/C21H17F6N3O5/c1-34-14-6-11(7-15(9-14)35-2)10-30-17(32)19(21(25,26)27,29-18(30)33)28-16(31)12-4-3-5-13(8-12)20(22,23)24/h3-9H,10H2,1-2H3,(H,28,31)(H,29,33). The van der Waals surface area contributed by atoms with Crippen LogP contribution in [-0.2, 0) is 17.5 Å². The molecular weight excluding hydrogens is 488 g/mol. The van der Waals surface area contributed by atoms with Crippen LogP contribution in [-0.4, -0.2) is 48.8 Å². The molecule has 0 spiro atoms. The van der Waals surface area contributed by atoms with Gasteiger partial charge in [0.1, 0.15) is 11.5 Å². The lowest BCUT2D eigenvalue weighted by Gasteiger charge is -2.30. The van der Waals surface area contributed by atoms with Crippen LogP contribution in [0.5, 0.6) is 11.5 Å². The molecule has 1 heterocycles. The number of carbonyl (C=O) groups is 3. The summed E-state index contributed by atoms with van der Waals surface area (Å²) in [4.78, 5) is 37.9. The maximum Gasteiger partial charge on any atom is 0.440 e. The zero-order valence-electron chi connectivity index (χ0n) is 18.0. The maximum absolute atomic E-state index is 14.0. The third-order valence-electron chi connectivity index (χ3n) is 5.04. The van der Waals surface area contributed by atoms with Crippen molar-refractivity contribution in [2.75, 3.05) is 14.2 Å². The van der Waals surface area contributed by atoms with Crippen LogP contribution in [0.2, 0.25) is 0 Å². The number of halogens is 6. The lowest BCUT2D eigenvalue weighted by Crippen LogP contribution is -2.69. The van der Waals surface area contributed by atoms with Gasteiger partial charge in [0.05, 0.1) is 26.3 Å². The molecule has 14 heteroatoms. The molecule has 1 unspecified atom stereocenters. The molecule has 0 bridgehead atoms. The minimum Gasteiger partial charge on any atom is -0.497 e. The van der Waals surface area contributed by atoms with Crippen molar-refractivity contribution in [3.63, 3.8) is 0 Å². The first-order valence-electron chi connectivity index (χ1n) is 9.64. The molecule has 4 amide bonds. The van der Waals surface area contributed by atoms with E-state index in [9.17, 15) is 40.7 Å². The van der Waals surface area contributed by atoms with Gasteiger partial charge >= 0.3 is 18.4 Å². The van der Waals surface area contributed by atoms with Crippen molar-refractivity contribution < 1.29 is 50.2 Å². The average Bonchev–Trinajstić information content (AvgIpc) is 3.03. The quantitative estimate of drug-likeness (QED) is 0.463. The second-order valence-electron chi connectivity index (χ2n) is 7.32. The van der Waals surface area contributed by atoms with E-state index >= 15 is 0 Å². The molecule has 2 aromatic rings. The van der Waals surface area contributed by atoms with Gasteiger partial charge in [-0.25, -0.2) is 4.79 Å². The summed E-state index contributed by atoms with van der Waals surface area (Å²) in [6.07, 6.45) is -10.4. The highest BCUT2D eigenvalue weighted by atomic mass is 19.4. The van der Waals surface area contributed by atoms with Gasteiger partial charge in [-0.3, -0.25) is 19.8 Å². The Hall–Kier alpha value is -3.97.